The normalized spacial score (nSPS) is 19.8. The van der Waals surface area contributed by atoms with E-state index in [1.807, 2.05) is 42.1 Å². The topological polar surface area (TPSA) is 35.5 Å². The first-order chi connectivity index (χ1) is 7.36. The number of hydrogen-bond donors (Lipinski definition) is 2. The summed E-state index contributed by atoms with van der Waals surface area (Å²) >= 11 is 1.94. The van der Waals surface area contributed by atoms with Gasteiger partial charge in [-0.15, -0.1) is 0 Å². The molecule has 0 bridgehead atoms. The van der Waals surface area contributed by atoms with Gasteiger partial charge in [-0.1, -0.05) is 18.2 Å². The molecule has 82 valence electrons. The van der Waals surface area contributed by atoms with Gasteiger partial charge in [-0.05, 0) is 12.1 Å². The van der Waals surface area contributed by atoms with Crippen LogP contribution in [0.1, 0.15) is 0 Å². The zero-order chi connectivity index (χ0) is 10.5. The van der Waals surface area contributed by atoms with Crippen LogP contribution in [0.3, 0.4) is 0 Å². The second-order valence-electron chi connectivity index (χ2n) is 3.53. The molecular weight excluding hydrogens is 208 g/mol. The maximum Gasteiger partial charge on any atom is 0.184 e. The van der Waals surface area contributed by atoms with Gasteiger partial charge in [-0.25, -0.2) is 0 Å². The monoisotopic (exact) mass is 224 g/mol. The van der Waals surface area contributed by atoms with Crippen LogP contribution in [-0.2, 0) is 0 Å². The minimum atomic E-state index is -0.562. The van der Waals surface area contributed by atoms with Crippen LogP contribution < -0.4 is 5.32 Å². The molecule has 1 aliphatic heterocycles. The Kier molecular flexibility index (Phi) is 3.88. The molecule has 1 saturated heterocycles. The Morgan fingerprint density at radius 1 is 1.20 bits per heavy atom. The van der Waals surface area contributed by atoms with E-state index in [2.05, 4.69) is 10.2 Å². The highest BCUT2D eigenvalue weighted by molar-refractivity contribution is 7.99. The maximum absolute atomic E-state index is 9.93. The van der Waals surface area contributed by atoms with Gasteiger partial charge in [0.1, 0.15) is 0 Å². The molecule has 0 aromatic heterocycles. The van der Waals surface area contributed by atoms with E-state index in [0.29, 0.717) is 0 Å². The number of aliphatic hydroxyl groups is 1. The van der Waals surface area contributed by atoms with Gasteiger partial charge < -0.3 is 10.4 Å². The lowest BCUT2D eigenvalue weighted by Gasteiger charge is -2.31. The van der Waals surface area contributed by atoms with Gasteiger partial charge in [0.25, 0.3) is 0 Å². The minimum absolute atomic E-state index is 0.562. The fraction of sp³-hybridized carbons (Fsp3) is 0.455. The largest absolute Gasteiger partial charge is 0.361 e. The van der Waals surface area contributed by atoms with Gasteiger partial charge in [0.05, 0.1) is 0 Å². The van der Waals surface area contributed by atoms with Crippen molar-refractivity contribution in [3.05, 3.63) is 30.3 Å². The highest BCUT2D eigenvalue weighted by Crippen LogP contribution is 2.13. The van der Waals surface area contributed by atoms with Crippen molar-refractivity contribution in [1.82, 2.24) is 4.90 Å². The maximum atomic E-state index is 9.93. The van der Waals surface area contributed by atoms with E-state index in [-0.39, 0.29) is 0 Å². The molecular formula is C11H16N2OS. The molecule has 1 fully saturated rings. The molecule has 1 heterocycles. The summed E-state index contributed by atoms with van der Waals surface area (Å²) in [4.78, 5) is 2.06. The summed E-state index contributed by atoms with van der Waals surface area (Å²) in [6.45, 7) is 1.90. The van der Waals surface area contributed by atoms with Crippen molar-refractivity contribution in [3.63, 3.8) is 0 Å². The number of para-hydroxylation sites is 1. The zero-order valence-corrected chi connectivity index (χ0v) is 9.41. The average Bonchev–Trinajstić information content (AvgIpc) is 2.31. The SMILES string of the molecule is OC(Nc1ccccc1)N1CCSCC1. The summed E-state index contributed by atoms with van der Waals surface area (Å²) in [6.07, 6.45) is -0.562. The van der Waals surface area contributed by atoms with Crippen molar-refractivity contribution in [2.24, 2.45) is 0 Å². The van der Waals surface area contributed by atoms with Gasteiger partial charge in [-0.2, -0.15) is 11.8 Å². The smallest absolute Gasteiger partial charge is 0.184 e. The molecule has 1 aromatic carbocycles. The standard InChI is InChI=1S/C11H16N2OS/c14-11(13-6-8-15-9-7-13)12-10-4-2-1-3-5-10/h1-5,11-12,14H,6-9H2. The van der Waals surface area contributed by atoms with E-state index in [4.69, 9.17) is 0 Å². The van der Waals surface area contributed by atoms with Crippen LogP contribution in [0, 0.1) is 0 Å². The summed E-state index contributed by atoms with van der Waals surface area (Å²) in [5.74, 6) is 2.21. The van der Waals surface area contributed by atoms with Gasteiger partial charge in [0.2, 0.25) is 0 Å². The summed E-state index contributed by atoms with van der Waals surface area (Å²) in [6, 6.07) is 9.81. The lowest BCUT2D eigenvalue weighted by Crippen LogP contribution is -2.45. The van der Waals surface area contributed by atoms with Crippen LogP contribution >= 0.6 is 11.8 Å². The third-order valence-electron chi connectivity index (χ3n) is 2.46. The summed E-state index contributed by atoms with van der Waals surface area (Å²) < 4.78 is 0. The Bertz CT molecular complexity index is 288. The van der Waals surface area contributed by atoms with Crippen LogP contribution in [0.5, 0.6) is 0 Å². The third kappa shape index (κ3) is 3.12. The number of hydrogen-bond acceptors (Lipinski definition) is 4. The number of anilines is 1. The molecule has 4 heteroatoms. The van der Waals surface area contributed by atoms with Crippen LogP contribution in [0.4, 0.5) is 5.69 Å². The number of aliphatic hydroxyl groups excluding tert-OH is 1. The fourth-order valence-corrected chi connectivity index (χ4v) is 2.53. The molecule has 0 spiro atoms. The highest BCUT2D eigenvalue weighted by Gasteiger charge is 2.17. The number of thioether (sulfide) groups is 1. The van der Waals surface area contributed by atoms with Gasteiger partial charge in [0.15, 0.2) is 6.35 Å². The van der Waals surface area contributed by atoms with Crippen molar-refractivity contribution in [2.75, 3.05) is 29.9 Å². The molecule has 2 N–H and O–H groups in total. The van der Waals surface area contributed by atoms with E-state index < -0.39 is 6.35 Å². The zero-order valence-electron chi connectivity index (χ0n) is 8.60. The number of nitrogens with zero attached hydrogens (tertiary/aromatic N) is 1. The van der Waals surface area contributed by atoms with Crippen LogP contribution in [-0.4, -0.2) is 41.0 Å². The Labute approximate surface area is 94.5 Å². The first-order valence-electron chi connectivity index (χ1n) is 5.18. The third-order valence-corrected chi connectivity index (χ3v) is 3.40. The van der Waals surface area contributed by atoms with E-state index in [0.717, 1.165) is 30.3 Å². The van der Waals surface area contributed by atoms with Gasteiger partial charge in [-0.3, -0.25) is 4.90 Å². The summed E-state index contributed by atoms with van der Waals surface area (Å²) in [5, 5.41) is 13.0. The molecule has 2 rings (SSSR count). The Morgan fingerprint density at radius 2 is 1.87 bits per heavy atom. The molecule has 0 radical (unpaired) electrons. The van der Waals surface area contributed by atoms with E-state index in [9.17, 15) is 5.11 Å². The molecule has 0 amide bonds. The molecule has 3 nitrogen and oxygen atoms in total. The summed E-state index contributed by atoms with van der Waals surface area (Å²) in [7, 11) is 0. The van der Waals surface area contributed by atoms with Crippen molar-refractivity contribution in [1.29, 1.82) is 0 Å². The predicted octanol–water partition coefficient (Wildman–Crippen LogP) is 1.42. The van der Waals surface area contributed by atoms with Crippen molar-refractivity contribution < 1.29 is 5.11 Å². The lowest BCUT2D eigenvalue weighted by atomic mass is 10.3. The first-order valence-corrected chi connectivity index (χ1v) is 6.33. The van der Waals surface area contributed by atoms with E-state index in [1.54, 1.807) is 0 Å². The van der Waals surface area contributed by atoms with Crippen LogP contribution in [0.25, 0.3) is 0 Å². The molecule has 0 saturated carbocycles. The number of benzene rings is 1. The molecule has 1 aliphatic rings. The predicted molar refractivity (Wildman–Crippen MR) is 65.0 cm³/mol. The highest BCUT2D eigenvalue weighted by atomic mass is 32.2. The second kappa shape index (κ2) is 5.39. The van der Waals surface area contributed by atoms with E-state index in [1.165, 1.54) is 0 Å². The lowest BCUT2D eigenvalue weighted by molar-refractivity contribution is 0.0338. The van der Waals surface area contributed by atoms with Crippen molar-refractivity contribution in [2.45, 2.75) is 6.35 Å². The molecule has 1 aromatic rings. The molecule has 1 unspecified atom stereocenters. The van der Waals surface area contributed by atoms with Crippen LogP contribution in [0.15, 0.2) is 30.3 Å². The Balaban J connectivity index is 1.88. The second-order valence-corrected chi connectivity index (χ2v) is 4.76. The molecule has 1 atom stereocenters. The first kappa shape index (κ1) is 10.8. The Morgan fingerprint density at radius 3 is 2.53 bits per heavy atom. The van der Waals surface area contributed by atoms with Crippen molar-refractivity contribution in [3.8, 4) is 0 Å². The van der Waals surface area contributed by atoms with Gasteiger partial charge in [0, 0.05) is 30.3 Å². The van der Waals surface area contributed by atoms with Crippen molar-refractivity contribution >= 4 is 17.4 Å². The minimum Gasteiger partial charge on any atom is -0.361 e. The number of rotatable bonds is 3. The van der Waals surface area contributed by atoms with E-state index >= 15 is 0 Å². The van der Waals surface area contributed by atoms with Gasteiger partial charge >= 0.3 is 0 Å². The van der Waals surface area contributed by atoms with Crippen LogP contribution in [0.2, 0.25) is 0 Å². The quantitative estimate of drug-likeness (QED) is 0.761. The Hall–Kier alpha value is -0.710. The fourth-order valence-electron chi connectivity index (χ4n) is 1.60. The summed E-state index contributed by atoms with van der Waals surface area (Å²) in [5.41, 5.74) is 0.961. The molecule has 0 aliphatic carbocycles. The molecule has 15 heavy (non-hydrogen) atoms. The number of nitrogens with one attached hydrogen (secondary N) is 1. The average molecular weight is 224 g/mol.